The molecule has 19 heavy (non-hydrogen) atoms. The normalized spacial score (nSPS) is 27.4. The highest BCUT2D eigenvalue weighted by Gasteiger charge is 2.31. The van der Waals surface area contributed by atoms with Crippen molar-refractivity contribution >= 4 is 0 Å². The maximum absolute atomic E-state index is 4.56. The molecule has 3 nitrogen and oxygen atoms in total. The summed E-state index contributed by atoms with van der Waals surface area (Å²) in [5, 5.41) is 3.59. The molecule has 0 aromatic carbocycles. The highest BCUT2D eigenvalue weighted by molar-refractivity contribution is 5.07. The summed E-state index contributed by atoms with van der Waals surface area (Å²) in [6.07, 6.45) is 12.1. The molecule has 0 saturated heterocycles. The standard InChI is InChI=1S/C16H27N3/c1-3-7-17-11-14-6-5-13(4-2)10-15(14)16-12-18-8-9-19-16/h8-9,12-15,17H,3-7,10-11H2,1-2H3. The van der Waals surface area contributed by atoms with E-state index in [-0.39, 0.29) is 0 Å². The smallest absolute Gasteiger partial charge is 0.0620 e. The molecule has 0 amide bonds. The third-order valence-corrected chi connectivity index (χ3v) is 4.48. The first kappa shape index (κ1) is 14.4. The van der Waals surface area contributed by atoms with E-state index in [4.69, 9.17) is 0 Å². The average Bonchev–Trinajstić information content (AvgIpc) is 2.48. The number of hydrogen-bond donors (Lipinski definition) is 1. The number of nitrogens with one attached hydrogen (secondary N) is 1. The second-order valence-corrected chi connectivity index (χ2v) is 5.79. The Morgan fingerprint density at radius 2 is 2.16 bits per heavy atom. The van der Waals surface area contributed by atoms with Crippen LogP contribution in [0, 0.1) is 11.8 Å². The van der Waals surface area contributed by atoms with E-state index in [2.05, 4.69) is 29.1 Å². The molecule has 3 heteroatoms. The maximum Gasteiger partial charge on any atom is 0.0620 e. The van der Waals surface area contributed by atoms with Gasteiger partial charge in [0.2, 0.25) is 0 Å². The Labute approximate surface area is 117 Å². The van der Waals surface area contributed by atoms with Gasteiger partial charge >= 0.3 is 0 Å². The van der Waals surface area contributed by atoms with Gasteiger partial charge in [-0.15, -0.1) is 0 Å². The van der Waals surface area contributed by atoms with Crippen LogP contribution >= 0.6 is 0 Å². The Balaban J connectivity index is 2.03. The third-order valence-electron chi connectivity index (χ3n) is 4.48. The molecule has 0 spiro atoms. The topological polar surface area (TPSA) is 37.8 Å². The zero-order valence-corrected chi connectivity index (χ0v) is 12.3. The molecule has 1 fully saturated rings. The summed E-state index contributed by atoms with van der Waals surface area (Å²) in [7, 11) is 0. The summed E-state index contributed by atoms with van der Waals surface area (Å²) in [5.74, 6) is 2.19. The second kappa shape index (κ2) is 7.59. The van der Waals surface area contributed by atoms with E-state index in [1.54, 1.807) is 6.20 Å². The van der Waals surface area contributed by atoms with Gasteiger partial charge < -0.3 is 5.32 Å². The van der Waals surface area contributed by atoms with E-state index in [0.29, 0.717) is 5.92 Å². The highest BCUT2D eigenvalue weighted by Crippen LogP contribution is 2.40. The molecule has 1 aromatic rings. The second-order valence-electron chi connectivity index (χ2n) is 5.79. The molecule has 1 heterocycles. The summed E-state index contributed by atoms with van der Waals surface area (Å²) in [4.78, 5) is 8.82. The van der Waals surface area contributed by atoms with Gasteiger partial charge in [-0.3, -0.25) is 9.97 Å². The van der Waals surface area contributed by atoms with Crippen LogP contribution in [-0.4, -0.2) is 23.1 Å². The number of rotatable bonds is 6. The van der Waals surface area contributed by atoms with E-state index in [1.165, 1.54) is 37.8 Å². The van der Waals surface area contributed by atoms with Crippen LogP contribution in [0.3, 0.4) is 0 Å². The first-order valence-corrected chi connectivity index (χ1v) is 7.81. The van der Waals surface area contributed by atoms with E-state index in [0.717, 1.165) is 24.9 Å². The van der Waals surface area contributed by atoms with Crippen molar-refractivity contribution in [3.8, 4) is 0 Å². The van der Waals surface area contributed by atoms with Crippen LogP contribution in [0.2, 0.25) is 0 Å². The van der Waals surface area contributed by atoms with E-state index < -0.39 is 0 Å². The summed E-state index contributed by atoms with van der Waals surface area (Å²) >= 11 is 0. The van der Waals surface area contributed by atoms with Crippen molar-refractivity contribution in [1.82, 2.24) is 15.3 Å². The highest BCUT2D eigenvalue weighted by atomic mass is 14.9. The Morgan fingerprint density at radius 1 is 1.26 bits per heavy atom. The van der Waals surface area contributed by atoms with Gasteiger partial charge in [0.25, 0.3) is 0 Å². The average molecular weight is 261 g/mol. The SMILES string of the molecule is CCCNCC1CCC(CC)CC1c1cnccn1. The van der Waals surface area contributed by atoms with Crippen LogP contribution in [0.15, 0.2) is 18.6 Å². The monoisotopic (exact) mass is 261 g/mol. The van der Waals surface area contributed by atoms with E-state index in [9.17, 15) is 0 Å². The Morgan fingerprint density at radius 3 is 2.84 bits per heavy atom. The third kappa shape index (κ3) is 4.00. The molecule has 3 atom stereocenters. The van der Waals surface area contributed by atoms with Crippen LogP contribution in [-0.2, 0) is 0 Å². The molecule has 1 saturated carbocycles. The van der Waals surface area contributed by atoms with Gasteiger partial charge in [0.1, 0.15) is 0 Å². The predicted molar refractivity (Wildman–Crippen MR) is 79.1 cm³/mol. The van der Waals surface area contributed by atoms with Crippen molar-refractivity contribution in [3.63, 3.8) is 0 Å². The molecule has 3 unspecified atom stereocenters. The molecule has 1 N–H and O–H groups in total. The van der Waals surface area contributed by atoms with E-state index in [1.807, 2.05) is 12.4 Å². The first-order chi connectivity index (χ1) is 9.35. The van der Waals surface area contributed by atoms with Crippen LogP contribution < -0.4 is 5.32 Å². The lowest BCUT2D eigenvalue weighted by Crippen LogP contribution is -2.32. The van der Waals surface area contributed by atoms with Crippen molar-refractivity contribution in [2.45, 2.75) is 51.9 Å². The van der Waals surface area contributed by atoms with Gasteiger partial charge in [-0.2, -0.15) is 0 Å². The van der Waals surface area contributed by atoms with Gasteiger partial charge in [-0.05, 0) is 44.2 Å². The van der Waals surface area contributed by atoms with Crippen molar-refractivity contribution in [1.29, 1.82) is 0 Å². The summed E-state index contributed by atoms with van der Waals surface area (Å²) in [6.45, 7) is 6.79. The van der Waals surface area contributed by atoms with Gasteiger partial charge in [0.05, 0.1) is 5.69 Å². The maximum atomic E-state index is 4.56. The zero-order valence-electron chi connectivity index (χ0n) is 12.3. The Bertz CT molecular complexity index is 350. The van der Waals surface area contributed by atoms with Crippen LogP contribution in [0.5, 0.6) is 0 Å². The molecule has 0 aliphatic heterocycles. The molecule has 0 radical (unpaired) electrons. The molecule has 106 valence electrons. The fourth-order valence-corrected chi connectivity index (χ4v) is 3.26. The first-order valence-electron chi connectivity index (χ1n) is 7.81. The molecule has 1 aromatic heterocycles. The van der Waals surface area contributed by atoms with Crippen molar-refractivity contribution < 1.29 is 0 Å². The van der Waals surface area contributed by atoms with Gasteiger partial charge in [-0.25, -0.2) is 0 Å². The quantitative estimate of drug-likeness (QED) is 0.798. The summed E-state index contributed by atoms with van der Waals surface area (Å²) in [5.41, 5.74) is 1.20. The van der Waals surface area contributed by atoms with Gasteiger partial charge in [-0.1, -0.05) is 26.7 Å². The van der Waals surface area contributed by atoms with Crippen molar-refractivity contribution in [3.05, 3.63) is 24.3 Å². The lowest BCUT2D eigenvalue weighted by molar-refractivity contribution is 0.222. The Kier molecular flexibility index (Phi) is 5.77. The van der Waals surface area contributed by atoms with E-state index >= 15 is 0 Å². The number of hydrogen-bond acceptors (Lipinski definition) is 3. The number of nitrogens with zero attached hydrogens (tertiary/aromatic N) is 2. The summed E-state index contributed by atoms with van der Waals surface area (Å²) in [6, 6.07) is 0. The van der Waals surface area contributed by atoms with Crippen LogP contribution in [0.25, 0.3) is 0 Å². The molecule has 1 aliphatic carbocycles. The Hall–Kier alpha value is -0.960. The lowest BCUT2D eigenvalue weighted by atomic mass is 9.72. The minimum Gasteiger partial charge on any atom is -0.316 e. The number of aromatic nitrogens is 2. The fourth-order valence-electron chi connectivity index (χ4n) is 3.26. The molecular formula is C16H27N3. The zero-order chi connectivity index (χ0) is 13.5. The van der Waals surface area contributed by atoms with Crippen LogP contribution in [0.4, 0.5) is 0 Å². The van der Waals surface area contributed by atoms with Crippen LogP contribution in [0.1, 0.15) is 57.6 Å². The van der Waals surface area contributed by atoms with Crippen molar-refractivity contribution in [2.24, 2.45) is 11.8 Å². The van der Waals surface area contributed by atoms with Gasteiger partial charge in [0.15, 0.2) is 0 Å². The lowest BCUT2D eigenvalue weighted by Gasteiger charge is -2.35. The minimum absolute atomic E-state index is 0.594. The fraction of sp³-hybridized carbons (Fsp3) is 0.750. The largest absolute Gasteiger partial charge is 0.316 e. The molecular weight excluding hydrogens is 234 g/mol. The van der Waals surface area contributed by atoms with Crippen molar-refractivity contribution in [2.75, 3.05) is 13.1 Å². The minimum atomic E-state index is 0.594. The van der Waals surface area contributed by atoms with Gasteiger partial charge in [0, 0.05) is 24.5 Å². The molecule has 1 aliphatic rings. The molecule has 2 rings (SSSR count). The molecule has 0 bridgehead atoms. The summed E-state index contributed by atoms with van der Waals surface area (Å²) < 4.78 is 0. The predicted octanol–water partition coefficient (Wildman–Crippen LogP) is 3.39.